The summed E-state index contributed by atoms with van der Waals surface area (Å²) in [5.74, 6) is 1.56. The van der Waals surface area contributed by atoms with Crippen molar-refractivity contribution in [2.45, 2.75) is 65.7 Å². The van der Waals surface area contributed by atoms with Crippen LogP contribution < -0.4 is 4.90 Å². The predicted molar refractivity (Wildman–Crippen MR) is 112 cm³/mol. The molecule has 3 heterocycles. The Balaban J connectivity index is 1.96. The first-order chi connectivity index (χ1) is 12.7. The molecule has 3 aromatic heterocycles. The number of aryl methyl sites for hydroxylation is 1. The highest BCUT2D eigenvalue weighted by atomic mass is 32.1. The standard InChI is InChI=1S/C21H28N4S/c1-5-7-11-25(6-2)20-19-18(22-12-23-20)16-14-9-8-10-15(14)17(13(3)4)24-21(16)26-19/h12-13H,5-11H2,1-4H3. The third kappa shape index (κ3) is 2.77. The number of nitrogens with zero attached hydrogens (tertiary/aromatic N) is 4. The lowest BCUT2D eigenvalue weighted by Crippen LogP contribution is -2.24. The minimum absolute atomic E-state index is 0.471. The average Bonchev–Trinajstić information content (AvgIpc) is 3.25. The van der Waals surface area contributed by atoms with Crippen molar-refractivity contribution in [3.05, 3.63) is 23.1 Å². The average molecular weight is 369 g/mol. The molecule has 0 atom stereocenters. The molecule has 0 aliphatic heterocycles. The third-order valence-electron chi connectivity index (χ3n) is 5.49. The number of rotatable bonds is 6. The number of anilines is 1. The maximum atomic E-state index is 5.10. The van der Waals surface area contributed by atoms with E-state index in [1.807, 2.05) is 0 Å². The molecule has 0 saturated carbocycles. The molecule has 0 aromatic carbocycles. The first-order valence-electron chi connectivity index (χ1n) is 9.99. The van der Waals surface area contributed by atoms with E-state index in [-0.39, 0.29) is 0 Å². The fourth-order valence-electron chi connectivity index (χ4n) is 4.18. The van der Waals surface area contributed by atoms with Crippen molar-refractivity contribution in [3.8, 4) is 0 Å². The number of fused-ring (bicyclic) bond motifs is 5. The second kappa shape index (κ2) is 7.10. The minimum atomic E-state index is 0.471. The van der Waals surface area contributed by atoms with E-state index in [1.54, 1.807) is 17.7 Å². The van der Waals surface area contributed by atoms with E-state index in [2.05, 4.69) is 37.6 Å². The zero-order valence-electron chi connectivity index (χ0n) is 16.3. The first-order valence-corrected chi connectivity index (χ1v) is 10.8. The van der Waals surface area contributed by atoms with Gasteiger partial charge >= 0.3 is 0 Å². The van der Waals surface area contributed by atoms with Crippen LogP contribution in [0.3, 0.4) is 0 Å². The first kappa shape index (κ1) is 17.7. The van der Waals surface area contributed by atoms with Gasteiger partial charge in [-0.05, 0) is 49.7 Å². The van der Waals surface area contributed by atoms with Gasteiger partial charge in [0.1, 0.15) is 17.0 Å². The van der Waals surface area contributed by atoms with Gasteiger partial charge in [-0.25, -0.2) is 15.0 Å². The van der Waals surface area contributed by atoms with Crippen LogP contribution in [0, 0.1) is 0 Å². The predicted octanol–water partition coefficient (Wildman–Crippen LogP) is 5.48. The van der Waals surface area contributed by atoms with E-state index in [1.165, 1.54) is 52.6 Å². The van der Waals surface area contributed by atoms with Crippen molar-refractivity contribution in [2.24, 2.45) is 0 Å². The van der Waals surface area contributed by atoms with Crippen molar-refractivity contribution in [2.75, 3.05) is 18.0 Å². The zero-order chi connectivity index (χ0) is 18.3. The molecule has 0 fully saturated rings. The van der Waals surface area contributed by atoms with Gasteiger partial charge in [0.2, 0.25) is 0 Å². The SMILES string of the molecule is CCCCN(CC)c1ncnc2c1sc1nc(C(C)C)c3c(c12)CCC3. The summed E-state index contributed by atoms with van der Waals surface area (Å²) in [5, 5.41) is 1.30. The van der Waals surface area contributed by atoms with E-state index >= 15 is 0 Å². The van der Waals surface area contributed by atoms with Crippen LogP contribution in [0.5, 0.6) is 0 Å². The Kier molecular flexibility index (Phi) is 4.82. The summed E-state index contributed by atoms with van der Waals surface area (Å²) >= 11 is 1.79. The highest BCUT2D eigenvalue weighted by molar-refractivity contribution is 7.26. The lowest BCUT2D eigenvalue weighted by atomic mass is 9.99. The summed E-state index contributed by atoms with van der Waals surface area (Å²) in [6.45, 7) is 11.0. The molecule has 0 bridgehead atoms. The van der Waals surface area contributed by atoms with Crippen molar-refractivity contribution >= 4 is 37.6 Å². The van der Waals surface area contributed by atoms with Crippen LogP contribution in [-0.2, 0) is 12.8 Å². The Morgan fingerprint density at radius 3 is 2.69 bits per heavy atom. The maximum absolute atomic E-state index is 5.10. The van der Waals surface area contributed by atoms with Gasteiger partial charge in [0.25, 0.3) is 0 Å². The van der Waals surface area contributed by atoms with E-state index in [0.29, 0.717) is 5.92 Å². The summed E-state index contributed by atoms with van der Waals surface area (Å²) in [6.07, 6.45) is 7.70. The van der Waals surface area contributed by atoms with Gasteiger partial charge in [0.05, 0.1) is 10.2 Å². The minimum Gasteiger partial charge on any atom is -0.356 e. The molecule has 138 valence electrons. The van der Waals surface area contributed by atoms with Crippen molar-refractivity contribution in [1.29, 1.82) is 0 Å². The van der Waals surface area contributed by atoms with Gasteiger partial charge in [-0.1, -0.05) is 27.2 Å². The van der Waals surface area contributed by atoms with Crippen LogP contribution in [0.1, 0.15) is 69.7 Å². The summed E-state index contributed by atoms with van der Waals surface area (Å²) in [7, 11) is 0. The van der Waals surface area contributed by atoms with Gasteiger partial charge in [-0.2, -0.15) is 0 Å². The van der Waals surface area contributed by atoms with E-state index in [4.69, 9.17) is 9.97 Å². The van der Waals surface area contributed by atoms with Crippen LogP contribution in [0.15, 0.2) is 6.33 Å². The summed E-state index contributed by atoms with van der Waals surface area (Å²) in [4.78, 5) is 18.0. The molecule has 3 aromatic rings. The van der Waals surface area contributed by atoms with Crippen LogP contribution in [0.25, 0.3) is 20.4 Å². The van der Waals surface area contributed by atoms with Crippen LogP contribution in [0.4, 0.5) is 5.82 Å². The summed E-state index contributed by atoms with van der Waals surface area (Å²) in [6, 6.07) is 0. The fraction of sp³-hybridized carbons (Fsp3) is 0.571. The fourth-order valence-corrected chi connectivity index (χ4v) is 5.36. The lowest BCUT2D eigenvalue weighted by Gasteiger charge is -2.21. The van der Waals surface area contributed by atoms with E-state index in [9.17, 15) is 0 Å². The van der Waals surface area contributed by atoms with Gasteiger partial charge < -0.3 is 4.90 Å². The molecule has 0 unspecified atom stereocenters. The van der Waals surface area contributed by atoms with Crippen molar-refractivity contribution < 1.29 is 0 Å². The second-order valence-electron chi connectivity index (χ2n) is 7.55. The monoisotopic (exact) mass is 368 g/mol. The maximum Gasteiger partial charge on any atom is 0.150 e. The highest BCUT2D eigenvalue weighted by Crippen LogP contribution is 2.42. The Hall–Kier alpha value is -1.75. The van der Waals surface area contributed by atoms with Gasteiger partial charge in [0.15, 0.2) is 0 Å². The number of pyridine rings is 1. The molecule has 4 nitrogen and oxygen atoms in total. The number of thiophene rings is 1. The molecule has 5 heteroatoms. The molecule has 4 rings (SSSR count). The zero-order valence-corrected chi connectivity index (χ0v) is 17.1. The van der Waals surface area contributed by atoms with Crippen molar-refractivity contribution in [1.82, 2.24) is 15.0 Å². The van der Waals surface area contributed by atoms with Gasteiger partial charge in [-0.15, -0.1) is 11.3 Å². The molecule has 0 N–H and O–H groups in total. The molecule has 26 heavy (non-hydrogen) atoms. The Labute approximate surface area is 159 Å². The smallest absolute Gasteiger partial charge is 0.150 e. The Morgan fingerprint density at radius 2 is 1.96 bits per heavy atom. The highest BCUT2D eigenvalue weighted by Gasteiger charge is 2.25. The topological polar surface area (TPSA) is 41.9 Å². The number of unbranched alkanes of at least 4 members (excludes halogenated alkanes) is 1. The van der Waals surface area contributed by atoms with E-state index in [0.717, 1.165) is 35.7 Å². The largest absolute Gasteiger partial charge is 0.356 e. The molecule has 0 saturated heterocycles. The molecule has 1 aliphatic rings. The van der Waals surface area contributed by atoms with Crippen LogP contribution in [-0.4, -0.2) is 28.0 Å². The molecule has 1 aliphatic carbocycles. The Bertz CT molecular complexity index is 944. The van der Waals surface area contributed by atoms with Gasteiger partial charge in [0, 0.05) is 24.2 Å². The number of hydrogen-bond donors (Lipinski definition) is 0. The quantitative estimate of drug-likeness (QED) is 0.578. The summed E-state index contributed by atoms with van der Waals surface area (Å²) < 4.78 is 1.21. The molecule has 0 radical (unpaired) electrons. The molecule has 0 spiro atoms. The molecular formula is C21H28N4S. The van der Waals surface area contributed by atoms with Crippen molar-refractivity contribution in [3.63, 3.8) is 0 Å². The number of hydrogen-bond acceptors (Lipinski definition) is 5. The molecular weight excluding hydrogens is 340 g/mol. The van der Waals surface area contributed by atoms with Crippen LogP contribution >= 0.6 is 11.3 Å². The second-order valence-corrected chi connectivity index (χ2v) is 8.55. The number of aromatic nitrogens is 3. The third-order valence-corrected chi connectivity index (χ3v) is 6.56. The van der Waals surface area contributed by atoms with Crippen LogP contribution in [0.2, 0.25) is 0 Å². The van der Waals surface area contributed by atoms with E-state index < -0.39 is 0 Å². The molecule has 0 amide bonds. The summed E-state index contributed by atoms with van der Waals surface area (Å²) in [5.41, 5.74) is 5.41. The normalized spacial score (nSPS) is 13.9. The lowest BCUT2D eigenvalue weighted by molar-refractivity contribution is 0.726. The Morgan fingerprint density at radius 1 is 1.15 bits per heavy atom. The van der Waals surface area contributed by atoms with Gasteiger partial charge in [-0.3, -0.25) is 0 Å².